The third-order valence-electron chi connectivity index (χ3n) is 1.81. The summed E-state index contributed by atoms with van der Waals surface area (Å²) in [5.74, 6) is 0.756. The lowest BCUT2D eigenvalue weighted by molar-refractivity contribution is 0.0990. The van der Waals surface area contributed by atoms with Gasteiger partial charge in [0.05, 0.1) is 22.6 Å². The highest BCUT2D eigenvalue weighted by Gasteiger charge is 2.11. The van der Waals surface area contributed by atoms with E-state index in [9.17, 15) is 4.79 Å². The molecule has 2 aromatic rings. The molecule has 14 heavy (non-hydrogen) atoms. The summed E-state index contributed by atoms with van der Waals surface area (Å²) in [6, 6.07) is 3.58. The van der Waals surface area contributed by atoms with Crippen LogP contribution in [-0.2, 0) is 6.42 Å². The lowest BCUT2D eigenvalue weighted by atomic mass is 10.2. The van der Waals surface area contributed by atoms with Gasteiger partial charge in [0.2, 0.25) is 0 Å². The first kappa shape index (κ1) is 9.15. The minimum atomic E-state index is 0.0607. The van der Waals surface area contributed by atoms with E-state index in [1.54, 1.807) is 24.6 Å². The minimum absolute atomic E-state index is 0.0607. The van der Waals surface area contributed by atoms with E-state index in [0.717, 1.165) is 5.01 Å². The zero-order chi connectivity index (χ0) is 9.97. The van der Waals surface area contributed by atoms with Gasteiger partial charge in [-0.15, -0.1) is 11.3 Å². The summed E-state index contributed by atoms with van der Waals surface area (Å²) in [5.41, 5.74) is 0. The largest absolute Gasteiger partial charge is 0.469 e. The topological polar surface area (TPSA) is 43.1 Å². The predicted octanol–water partition coefficient (Wildman–Crippen LogP) is 2.47. The molecule has 3 nitrogen and oxygen atoms in total. The molecule has 0 aliphatic heterocycles. The van der Waals surface area contributed by atoms with Crippen molar-refractivity contribution in [2.24, 2.45) is 0 Å². The Kier molecular flexibility index (Phi) is 2.45. The van der Waals surface area contributed by atoms with E-state index in [0.29, 0.717) is 17.1 Å². The molecule has 0 saturated heterocycles. The molecule has 0 N–H and O–H groups in total. The number of rotatable bonds is 3. The lowest BCUT2D eigenvalue weighted by Crippen LogP contribution is -1.99. The molecule has 0 spiro atoms. The average molecular weight is 207 g/mol. The summed E-state index contributed by atoms with van der Waals surface area (Å²) in [7, 11) is 0. The van der Waals surface area contributed by atoms with E-state index in [1.807, 2.05) is 6.92 Å². The summed E-state index contributed by atoms with van der Waals surface area (Å²) in [6.45, 7) is 1.88. The van der Waals surface area contributed by atoms with E-state index in [-0.39, 0.29) is 5.78 Å². The molecule has 72 valence electrons. The second-order valence-electron chi connectivity index (χ2n) is 2.92. The molecule has 0 amide bonds. The molecular weight excluding hydrogens is 198 g/mol. The minimum Gasteiger partial charge on any atom is -0.469 e. The van der Waals surface area contributed by atoms with Crippen LogP contribution in [0.1, 0.15) is 20.4 Å². The van der Waals surface area contributed by atoms with Gasteiger partial charge in [-0.05, 0) is 19.1 Å². The zero-order valence-corrected chi connectivity index (χ0v) is 8.50. The second-order valence-corrected chi connectivity index (χ2v) is 4.16. The van der Waals surface area contributed by atoms with Crippen molar-refractivity contribution < 1.29 is 9.21 Å². The summed E-state index contributed by atoms with van der Waals surface area (Å²) in [4.78, 5) is 16.4. The van der Waals surface area contributed by atoms with Gasteiger partial charge >= 0.3 is 0 Å². The number of Topliss-reactive ketones (excluding diaryl/α,β-unsaturated/α-hetero) is 1. The SMILES string of the molecule is Cc1ncc(C(=O)Cc2ccco2)s1. The Morgan fingerprint density at radius 3 is 3.07 bits per heavy atom. The molecular formula is C10H9NO2S. The fourth-order valence-electron chi connectivity index (χ4n) is 1.15. The number of nitrogens with zero attached hydrogens (tertiary/aromatic N) is 1. The normalized spacial score (nSPS) is 10.4. The Morgan fingerprint density at radius 2 is 2.50 bits per heavy atom. The van der Waals surface area contributed by atoms with E-state index in [1.165, 1.54) is 11.3 Å². The first-order valence-corrected chi connectivity index (χ1v) is 5.05. The number of ketones is 1. The number of aromatic nitrogens is 1. The van der Waals surface area contributed by atoms with Gasteiger partial charge in [0.15, 0.2) is 5.78 Å². The smallest absolute Gasteiger partial charge is 0.181 e. The van der Waals surface area contributed by atoms with E-state index >= 15 is 0 Å². The summed E-state index contributed by atoms with van der Waals surface area (Å²) < 4.78 is 5.10. The van der Waals surface area contributed by atoms with Crippen LogP contribution in [0.2, 0.25) is 0 Å². The molecule has 0 aromatic carbocycles. The van der Waals surface area contributed by atoms with Crippen LogP contribution in [0.3, 0.4) is 0 Å². The summed E-state index contributed by atoms with van der Waals surface area (Å²) in [6.07, 6.45) is 3.50. The van der Waals surface area contributed by atoms with Crippen molar-refractivity contribution in [3.8, 4) is 0 Å². The molecule has 0 radical (unpaired) electrons. The zero-order valence-electron chi connectivity index (χ0n) is 7.69. The number of thiazole rings is 1. The van der Waals surface area contributed by atoms with E-state index < -0.39 is 0 Å². The Morgan fingerprint density at radius 1 is 1.64 bits per heavy atom. The second kappa shape index (κ2) is 3.75. The fraction of sp³-hybridized carbons (Fsp3) is 0.200. The quantitative estimate of drug-likeness (QED) is 0.726. The number of hydrogen-bond donors (Lipinski definition) is 0. The molecule has 2 heterocycles. The number of carbonyl (C=O) groups excluding carboxylic acids is 1. The van der Waals surface area contributed by atoms with Gasteiger partial charge in [-0.1, -0.05) is 0 Å². The van der Waals surface area contributed by atoms with Crippen molar-refractivity contribution in [3.05, 3.63) is 40.2 Å². The van der Waals surface area contributed by atoms with Crippen LogP contribution in [-0.4, -0.2) is 10.8 Å². The maximum absolute atomic E-state index is 11.6. The van der Waals surface area contributed by atoms with Crippen molar-refractivity contribution >= 4 is 17.1 Å². The van der Waals surface area contributed by atoms with Gasteiger partial charge < -0.3 is 4.42 Å². The molecule has 0 saturated carbocycles. The highest BCUT2D eigenvalue weighted by Crippen LogP contribution is 2.14. The van der Waals surface area contributed by atoms with Crippen LogP contribution in [0.15, 0.2) is 29.0 Å². The van der Waals surface area contributed by atoms with Crippen molar-refractivity contribution in [2.45, 2.75) is 13.3 Å². The molecule has 2 aromatic heterocycles. The molecule has 0 aliphatic rings. The number of aryl methyl sites for hydroxylation is 1. The van der Waals surface area contributed by atoms with Gasteiger partial charge in [-0.2, -0.15) is 0 Å². The van der Waals surface area contributed by atoms with Gasteiger partial charge in [0.25, 0.3) is 0 Å². The van der Waals surface area contributed by atoms with Gasteiger partial charge in [0.1, 0.15) is 5.76 Å². The Balaban J connectivity index is 2.10. The average Bonchev–Trinajstić information content (AvgIpc) is 2.75. The molecule has 0 bridgehead atoms. The van der Waals surface area contributed by atoms with Crippen LogP contribution in [0.5, 0.6) is 0 Å². The van der Waals surface area contributed by atoms with Crippen LogP contribution < -0.4 is 0 Å². The molecule has 0 aliphatic carbocycles. The number of furan rings is 1. The lowest BCUT2D eigenvalue weighted by Gasteiger charge is -1.92. The number of carbonyl (C=O) groups is 1. The third kappa shape index (κ3) is 1.90. The van der Waals surface area contributed by atoms with E-state index in [2.05, 4.69) is 4.98 Å². The predicted molar refractivity (Wildman–Crippen MR) is 53.6 cm³/mol. The maximum atomic E-state index is 11.6. The molecule has 0 atom stereocenters. The molecule has 2 rings (SSSR count). The van der Waals surface area contributed by atoms with E-state index in [4.69, 9.17) is 4.42 Å². The molecule has 4 heteroatoms. The van der Waals surface area contributed by atoms with Crippen LogP contribution in [0.25, 0.3) is 0 Å². The summed E-state index contributed by atoms with van der Waals surface area (Å²) in [5, 5.41) is 0.910. The Hall–Kier alpha value is -1.42. The monoisotopic (exact) mass is 207 g/mol. The van der Waals surface area contributed by atoms with Crippen molar-refractivity contribution in [3.63, 3.8) is 0 Å². The standard InChI is InChI=1S/C10H9NO2S/c1-7-11-6-10(14-7)9(12)5-8-3-2-4-13-8/h2-4,6H,5H2,1H3. The van der Waals surface area contributed by atoms with Gasteiger partial charge in [-0.25, -0.2) is 4.98 Å². The van der Waals surface area contributed by atoms with Gasteiger partial charge in [0, 0.05) is 6.20 Å². The highest BCUT2D eigenvalue weighted by atomic mass is 32.1. The van der Waals surface area contributed by atoms with Crippen molar-refractivity contribution in [2.75, 3.05) is 0 Å². The number of hydrogen-bond acceptors (Lipinski definition) is 4. The Bertz CT molecular complexity index is 431. The fourth-order valence-corrected chi connectivity index (χ4v) is 1.86. The van der Waals surface area contributed by atoms with Crippen molar-refractivity contribution in [1.82, 2.24) is 4.98 Å². The van der Waals surface area contributed by atoms with Gasteiger partial charge in [-0.3, -0.25) is 4.79 Å². The summed E-state index contributed by atoms with van der Waals surface area (Å²) >= 11 is 1.42. The molecule has 0 fully saturated rings. The van der Waals surface area contributed by atoms with Crippen molar-refractivity contribution in [1.29, 1.82) is 0 Å². The third-order valence-corrected chi connectivity index (χ3v) is 2.76. The van der Waals surface area contributed by atoms with Crippen LogP contribution >= 0.6 is 11.3 Å². The maximum Gasteiger partial charge on any atom is 0.181 e. The highest BCUT2D eigenvalue weighted by molar-refractivity contribution is 7.13. The van der Waals surface area contributed by atoms with Crippen LogP contribution in [0, 0.1) is 6.92 Å². The molecule has 0 unspecified atom stereocenters. The Labute approximate surface area is 85.4 Å². The first-order valence-electron chi connectivity index (χ1n) is 4.24. The van der Waals surface area contributed by atoms with Crippen LogP contribution in [0.4, 0.5) is 0 Å². The first-order chi connectivity index (χ1) is 6.75.